The maximum absolute atomic E-state index is 9.36. The van der Waals surface area contributed by atoms with Crippen LogP contribution in [0.2, 0.25) is 0 Å². The van der Waals surface area contributed by atoms with Gasteiger partial charge in [0.15, 0.2) is 5.78 Å². The van der Waals surface area contributed by atoms with Gasteiger partial charge in [0.25, 0.3) is 0 Å². The summed E-state index contributed by atoms with van der Waals surface area (Å²) in [4.78, 5) is 9.36. The molecule has 0 aromatic carbocycles. The first-order chi connectivity index (χ1) is 2.27. The van der Waals surface area contributed by atoms with E-state index in [1.165, 1.54) is 0 Å². The Labute approximate surface area is 48.2 Å². The molecule has 0 unspecified atom stereocenters. The second kappa shape index (κ2) is 4.94. The minimum absolute atomic E-state index is 0. The molecule has 0 N–H and O–H groups in total. The molecule has 0 fully saturated rings. The summed E-state index contributed by atoms with van der Waals surface area (Å²) in [5.74, 6) is -0.731. The molecule has 6 radical (unpaired) electrons. The van der Waals surface area contributed by atoms with Crippen LogP contribution in [0.15, 0.2) is 12.7 Å². The van der Waals surface area contributed by atoms with Gasteiger partial charge in [0.2, 0.25) is 0 Å². The number of rotatable bonds is 1. The van der Waals surface area contributed by atoms with Crippen LogP contribution in [-0.2, 0) is 4.79 Å². The highest BCUT2D eigenvalue weighted by atomic mass is 27.0. The van der Waals surface area contributed by atoms with E-state index >= 15 is 0 Å². The van der Waals surface area contributed by atoms with Crippen LogP contribution in [0.4, 0.5) is 0 Å². The Bertz CT molecular complexity index is 58.6. The molecular formula is C4H3AlO. The van der Waals surface area contributed by atoms with Crippen molar-refractivity contribution in [2.45, 2.75) is 0 Å². The van der Waals surface area contributed by atoms with Gasteiger partial charge < -0.3 is 0 Å². The van der Waals surface area contributed by atoms with Crippen LogP contribution in [0.5, 0.6) is 0 Å². The van der Waals surface area contributed by atoms with E-state index < -0.39 is 5.78 Å². The number of hydrogen-bond acceptors (Lipinski definition) is 1. The first-order valence-electron chi connectivity index (χ1n) is 1.15. The van der Waals surface area contributed by atoms with E-state index in [1.54, 1.807) is 0 Å². The maximum Gasteiger partial charge on any atom is 0.164 e. The summed E-state index contributed by atoms with van der Waals surface area (Å²) in [5, 5.41) is 0. The quantitative estimate of drug-likeness (QED) is 0.329. The highest BCUT2D eigenvalue weighted by Crippen LogP contribution is 1.59. The molecule has 0 heterocycles. The molecule has 0 aromatic heterocycles. The highest BCUT2D eigenvalue weighted by Gasteiger charge is 1.71. The smallest absolute Gasteiger partial charge is 0.164 e. The number of carbonyl (C=O) groups excluding carboxylic acids is 1. The number of allylic oxidation sites excluding steroid dienone is 1. The molecule has 0 aromatic rings. The topological polar surface area (TPSA) is 17.1 Å². The second-order valence-electron chi connectivity index (χ2n) is 0.568. The Morgan fingerprint density at radius 2 is 2.00 bits per heavy atom. The minimum atomic E-state index is -0.731. The van der Waals surface area contributed by atoms with Gasteiger partial charge in [0.05, 0.1) is 6.92 Å². The van der Waals surface area contributed by atoms with Crippen LogP contribution in [0.25, 0.3) is 0 Å². The molecule has 0 aliphatic heterocycles. The molecule has 1 nitrogen and oxygen atoms in total. The van der Waals surface area contributed by atoms with E-state index in [1.807, 2.05) is 0 Å². The second-order valence-corrected chi connectivity index (χ2v) is 0.568. The summed E-state index contributed by atoms with van der Waals surface area (Å²) in [6, 6.07) is 0. The standard InChI is InChI=1S/C4H3O.Al/c1-3-4(2)5;/h3H,1H2;. The zero-order chi connectivity index (χ0) is 4.28. The zero-order valence-corrected chi connectivity index (χ0v) is 4.42. The van der Waals surface area contributed by atoms with Crippen LogP contribution in [0.1, 0.15) is 0 Å². The summed E-state index contributed by atoms with van der Waals surface area (Å²) in [6.45, 7) is 9.09. The van der Waals surface area contributed by atoms with Crippen LogP contribution in [0.3, 0.4) is 0 Å². The van der Waals surface area contributed by atoms with Gasteiger partial charge in [0.1, 0.15) is 0 Å². The number of ketones is 1. The fourth-order valence-electron chi connectivity index (χ4n) is 0. The molecule has 0 saturated carbocycles. The van der Waals surface area contributed by atoms with Crippen molar-refractivity contribution >= 4 is 23.1 Å². The van der Waals surface area contributed by atoms with Crippen LogP contribution in [0, 0.1) is 6.92 Å². The van der Waals surface area contributed by atoms with E-state index in [0.717, 1.165) is 6.08 Å². The van der Waals surface area contributed by atoms with Crippen LogP contribution >= 0.6 is 0 Å². The zero-order valence-electron chi connectivity index (χ0n) is 3.27. The predicted molar refractivity (Wildman–Crippen MR) is 24.2 cm³/mol. The Hall–Kier alpha value is -0.0575. The van der Waals surface area contributed by atoms with Gasteiger partial charge in [-0.2, -0.15) is 0 Å². The number of hydrogen-bond donors (Lipinski definition) is 0. The fraction of sp³-hybridized carbons (Fsp3) is 0. The van der Waals surface area contributed by atoms with E-state index in [4.69, 9.17) is 6.92 Å². The lowest BCUT2D eigenvalue weighted by Gasteiger charge is -1.61. The van der Waals surface area contributed by atoms with Gasteiger partial charge >= 0.3 is 0 Å². The van der Waals surface area contributed by atoms with Gasteiger partial charge in [-0.25, -0.2) is 0 Å². The van der Waals surface area contributed by atoms with Crippen molar-refractivity contribution in [1.29, 1.82) is 0 Å². The van der Waals surface area contributed by atoms with Crippen molar-refractivity contribution in [3.63, 3.8) is 0 Å². The average molecular weight is 94.0 g/mol. The van der Waals surface area contributed by atoms with Crippen molar-refractivity contribution in [3.05, 3.63) is 19.6 Å². The Balaban J connectivity index is 0. The first-order valence-corrected chi connectivity index (χ1v) is 1.15. The van der Waals surface area contributed by atoms with E-state index in [2.05, 4.69) is 6.58 Å². The molecule has 0 saturated heterocycles. The third kappa shape index (κ3) is 9.05. The monoisotopic (exact) mass is 94.0 g/mol. The maximum atomic E-state index is 9.36. The summed E-state index contributed by atoms with van der Waals surface area (Å²) in [7, 11) is 0. The lowest BCUT2D eigenvalue weighted by Crippen LogP contribution is -1.75. The van der Waals surface area contributed by atoms with Gasteiger partial charge in [0, 0.05) is 17.4 Å². The first kappa shape index (κ1) is 9.34. The molecule has 0 rings (SSSR count). The summed E-state index contributed by atoms with van der Waals surface area (Å²) in [5.41, 5.74) is 0. The summed E-state index contributed by atoms with van der Waals surface area (Å²) >= 11 is 0. The Morgan fingerprint density at radius 1 is 1.83 bits per heavy atom. The van der Waals surface area contributed by atoms with E-state index in [-0.39, 0.29) is 17.4 Å². The molecule has 28 valence electrons. The van der Waals surface area contributed by atoms with Crippen molar-refractivity contribution in [2.75, 3.05) is 0 Å². The molecule has 0 amide bonds. The minimum Gasteiger partial charge on any atom is -0.294 e. The van der Waals surface area contributed by atoms with Crippen molar-refractivity contribution in [2.24, 2.45) is 0 Å². The normalized spacial score (nSPS) is 5.50. The lowest BCUT2D eigenvalue weighted by atomic mass is 10.5. The molecular weight excluding hydrogens is 91.0 g/mol. The van der Waals surface area contributed by atoms with Gasteiger partial charge in [-0.1, -0.05) is 6.58 Å². The van der Waals surface area contributed by atoms with Gasteiger partial charge in [-0.15, -0.1) is 0 Å². The average Bonchev–Trinajstić information content (AvgIpc) is 1.38. The Kier molecular flexibility index (Phi) is 7.69. The van der Waals surface area contributed by atoms with Crippen LogP contribution in [-0.4, -0.2) is 23.1 Å². The SMILES string of the molecule is [Al].[C]C(=O)C=C. The van der Waals surface area contributed by atoms with E-state index in [9.17, 15) is 4.79 Å². The third-order valence-electron chi connectivity index (χ3n) is 0.185. The molecule has 2 heteroatoms. The summed E-state index contributed by atoms with van der Waals surface area (Å²) < 4.78 is 0. The highest BCUT2D eigenvalue weighted by molar-refractivity contribution is 5.92. The van der Waals surface area contributed by atoms with Crippen molar-refractivity contribution < 1.29 is 4.79 Å². The molecule has 6 heavy (non-hydrogen) atoms. The van der Waals surface area contributed by atoms with Crippen LogP contribution < -0.4 is 0 Å². The van der Waals surface area contributed by atoms with Crippen molar-refractivity contribution in [1.82, 2.24) is 0 Å². The number of carbonyl (C=O) groups is 1. The van der Waals surface area contributed by atoms with Gasteiger partial charge in [-0.05, 0) is 6.08 Å². The predicted octanol–water partition coefficient (Wildman–Crippen LogP) is -0.0512. The lowest BCUT2D eigenvalue weighted by molar-refractivity contribution is -0.110. The Morgan fingerprint density at radius 3 is 2.00 bits per heavy atom. The third-order valence-corrected chi connectivity index (χ3v) is 0.185. The molecule has 0 spiro atoms. The molecule has 0 atom stereocenters. The van der Waals surface area contributed by atoms with Crippen molar-refractivity contribution in [3.8, 4) is 0 Å². The fourth-order valence-corrected chi connectivity index (χ4v) is 0. The molecule has 0 aliphatic rings. The van der Waals surface area contributed by atoms with E-state index in [0.29, 0.717) is 0 Å². The molecule has 0 aliphatic carbocycles. The van der Waals surface area contributed by atoms with Gasteiger partial charge in [-0.3, -0.25) is 4.79 Å². The molecule has 0 bridgehead atoms. The largest absolute Gasteiger partial charge is 0.294 e. The summed E-state index contributed by atoms with van der Waals surface area (Å²) in [6.07, 6.45) is 0.944.